The van der Waals surface area contributed by atoms with Crippen molar-refractivity contribution in [2.75, 3.05) is 20.0 Å². The molecule has 0 heterocycles. The van der Waals surface area contributed by atoms with E-state index in [1.807, 2.05) is 12.1 Å². The Morgan fingerprint density at radius 2 is 1.93 bits per heavy atom. The molecule has 0 aromatic heterocycles. The summed E-state index contributed by atoms with van der Waals surface area (Å²) in [6.07, 6.45) is 3.22. The lowest BCUT2D eigenvalue weighted by Crippen LogP contribution is -2.00. The maximum absolute atomic E-state index is 5.95. The van der Waals surface area contributed by atoms with Crippen LogP contribution >= 0.6 is 0 Å². The van der Waals surface area contributed by atoms with Gasteiger partial charge in [-0.3, -0.25) is 0 Å². The Labute approximate surface area is 91.2 Å². The fourth-order valence-electron chi connectivity index (χ4n) is 1.56. The van der Waals surface area contributed by atoms with E-state index in [1.165, 1.54) is 0 Å². The van der Waals surface area contributed by atoms with Crippen molar-refractivity contribution in [3.8, 4) is 11.5 Å². The summed E-state index contributed by atoms with van der Waals surface area (Å²) in [6, 6.07) is 3.72. The minimum absolute atomic E-state index is 0.740. The first-order valence-electron chi connectivity index (χ1n) is 5.23. The second-order valence-corrected chi connectivity index (χ2v) is 3.50. The highest BCUT2D eigenvalue weighted by Crippen LogP contribution is 2.31. The summed E-state index contributed by atoms with van der Waals surface area (Å²) in [7, 11) is 3.28. The van der Waals surface area contributed by atoms with Gasteiger partial charge in [-0.2, -0.15) is 0 Å². The summed E-state index contributed by atoms with van der Waals surface area (Å²) in [5.74, 6) is 1.56. The van der Waals surface area contributed by atoms with Crippen molar-refractivity contribution in [2.24, 2.45) is 0 Å². The Balaban J connectivity index is 3.01. The molecule has 1 aromatic rings. The van der Waals surface area contributed by atoms with Crippen LogP contribution in [0, 0.1) is 0 Å². The largest absolute Gasteiger partial charge is 0.497 e. The van der Waals surface area contributed by atoms with Crippen LogP contribution < -0.4 is 15.2 Å². The molecule has 0 aliphatic carbocycles. The zero-order valence-corrected chi connectivity index (χ0v) is 9.67. The van der Waals surface area contributed by atoms with Crippen molar-refractivity contribution in [1.29, 1.82) is 0 Å². The third-order valence-corrected chi connectivity index (χ3v) is 2.45. The zero-order chi connectivity index (χ0) is 11.3. The molecular formula is C12H19NO2. The van der Waals surface area contributed by atoms with Crippen LogP contribution in [0.3, 0.4) is 0 Å². The van der Waals surface area contributed by atoms with Gasteiger partial charge in [0.05, 0.1) is 14.2 Å². The van der Waals surface area contributed by atoms with E-state index in [-0.39, 0.29) is 0 Å². The molecule has 0 spiro atoms. The Morgan fingerprint density at radius 3 is 2.47 bits per heavy atom. The molecule has 1 aromatic carbocycles. The molecule has 84 valence electrons. The molecule has 0 bridgehead atoms. The molecule has 0 amide bonds. The number of anilines is 1. The van der Waals surface area contributed by atoms with Gasteiger partial charge in [0.25, 0.3) is 0 Å². The van der Waals surface area contributed by atoms with Gasteiger partial charge < -0.3 is 15.2 Å². The van der Waals surface area contributed by atoms with Gasteiger partial charge in [0.15, 0.2) is 0 Å². The molecule has 0 atom stereocenters. The number of hydrogen-bond donors (Lipinski definition) is 1. The molecule has 0 saturated carbocycles. The molecule has 15 heavy (non-hydrogen) atoms. The summed E-state index contributed by atoms with van der Waals surface area (Å²) in [6.45, 7) is 2.16. The molecule has 0 saturated heterocycles. The van der Waals surface area contributed by atoms with E-state index in [9.17, 15) is 0 Å². The molecular weight excluding hydrogens is 190 g/mol. The number of rotatable bonds is 5. The average molecular weight is 209 g/mol. The zero-order valence-electron chi connectivity index (χ0n) is 9.67. The fraction of sp³-hybridized carbons (Fsp3) is 0.500. The average Bonchev–Trinajstić information content (AvgIpc) is 2.26. The van der Waals surface area contributed by atoms with Crippen molar-refractivity contribution in [3.05, 3.63) is 17.7 Å². The predicted octanol–water partition coefficient (Wildman–Crippen LogP) is 2.63. The normalized spacial score (nSPS) is 10.1. The third-order valence-electron chi connectivity index (χ3n) is 2.45. The lowest BCUT2D eigenvalue weighted by atomic mass is 10.0. The molecule has 0 fully saturated rings. The van der Waals surface area contributed by atoms with Crippen LogP contribution in [0.5, 0.6) is 11.5 Å². The number of nitrogens with two attached hydrogens (primary N) is 1. The van der Waals surface area contributed by atoms with Crippen molar-refractivity contribution in [3.63, 3.8) is 0 Å². The lowest BCUT2D eigenvalue weighted by Gasteiger charge is -2.13. The molecule has 0 unspecified atom stereocenters. The maximum atomic E-state index is 5.95. The standard InChI is InChI=1S/C12H19NO2/c1-4-5-6-10-11(13)7-9(14-2)8-12(10)15-3/h7-8H,4-6,13H2,1-3H3. The monoisotopic (exact) mass is 209 g/mol. The highest BCUT2D eigenvalue weighted by molar-refractivity contribution is 5.58. The minimum atomic E-state index is 0.740. The van der Waals surface area contributed by atoms with Gasteiger partial charge in [0.2, 0.25) is 0 Å². The van der Waals surface area contributed by atoms with Crippen LogP contribution in [0.4, 0.5) is 5.69 Å². The number of ether oxygens (including phenoxy) is 2. The summed E-state index contributed by atoms with van der Waals surface area (Å²) in [4.78, 5) is 0. The highest BCUT2D eigenvalue weighted by Gasteiger charge is 2.09. The summed E-state index contributed by atoms with van der Waals surface area (Å²) in [5, 5.41) is 0. The smallest absolute Gasteiger partial charge is 0.127 e. The van der Waals surface area contributed by atoms with Crippen molar-refractivity contribution >= 4 is 5.69 Å². The quantitative estimate of drug-likeness (QED) is 0.758. The number of nitrogen functional groups attached to an aromatic ring is 1. The number of methoxy groups -OCH3 is 2. The molecule has 1 rings (SSSR count). The van der Waals surface area contributed by atoms with E-state index in [4.69, 9.17) is 15.2 Å². The van der Waals surface area contributed by atoms with Crippen LogP contribution in [-0.2, 0) is 6.42 Å². The topological polar surface area (TPSA) is 44.5 Å². The number of hydrogen-bond acceptors (Lipinski definition) is 3. The van der Waals surface area contributed by atoms with Gasteiger partial charge in [0.1, 0.15) is 11.5 Å². The Morgan fingerprint density at radius 1 is 1.20 bits per heavy atom. The summed E-state index contributed by atoms with van der Waals surface area (Å²) >= 11 is 0. The first-order chi connectivity index (χ1) is 7.22. The van der Waals surface area contributed by atoms with E-state index in [0.717, 1.165) is 42.0 Å². The van der Waals surface area contributed by atoms with Crippen molar-refractivity contribution < 1.29 is 9.47 Å². The van der Waals surface area contributed by atoms with E-state index >= 15 is 0 Å². The van der Waals surface area contributed by atoms with Crippen LogP contribution in [0.2, 0.25) is 0 Å². The van der Waals surface area contributed by atoms with Crippen LogP contribution in [0.15, 0.2) is 12.1 Å². The van der Waals surface area contributed by atoms with Gasteiger partial charge in [-0.25, -0.2) is 0 Å². The maximum Gasteiger partial charge on any atom is 0.127 e. The first kappa shape index (κ1) is 11.7. The Kier molecular flexibility index (Phi) is 4.28. The summed E-state index contributed by atoms with van der Waals surface area (Å²) < 4.78 is 10.4. The van der Waals surface area contributed by atoms with Crippen LogP contribution in [0.1, 0.15) is 25.3 Å². The van der Waals surface area contributed by atoms with E-state index < -0.39 is 0 Å². The lowest BCUT2D eigenvalue weighted by molar-refractivity contribution is 0.391. The first-order valence-corrected chi connectivity index (χ1v) is 5.23. The highest BCUT2D eigenvalue weighted by atomic mass is 16.5. The van der Waals surface area contributed by atoms with Crippen LogP contribution in [-0.4, -0.2) is 14.2 Å². The molecule has 0 radical (unpaired) electrons. The molecule has 0 aliphatic rings. The van der Waals surface area contributed by atoms with E-state index in [1.54, 1.807) is 14.2 Å². The van der Waals surface area contributed by atoms with Crippen molar-refractivity contribution in [2.45, 2.75) is 26.2 Å². The molecule has 0 aliphatic heterocycles. The van der Waals surface area contributed by atoms with Gasteiger partial charge in [-0.15, -0.1) is 0 Å². The predicted molar refractivity (Wildman–Crippen MR) is 62.6 cm³/mol. The SMILES string of the molecule is CCCCc1c(N)cc(OC)cc1OC. The van der Waals surface area contributed by atoms with Gasteiger partial charge in [-0.1, -0.05) is 13.3 Å². The van der Waals surface area contributed by atoms with E-state index in [2.05, 4.69) is 6.92 Å². The Hall–Kier alpha value is -1.38. The molecule has 2 N–H and O–H groups in total. The Bertz CT molecular complexity index is 324. The fourth-order valence-corrected chi connectivity index (χ4v) is 1.56. The van der Waals surface area contributed by atoms with Crippen molar-refractivity contribution in [1.82, 2.24) is 0 Å². The third kappa shape index (κ3) is 2.78. The molecule has 3 nitrogen and oxygen atoms in total. The second kappa shape index (κ2) is 5.49. The summed E-state index contributed by atoms with van der Waals surface area (Å²) in [5.41, 5.74) is 7.79. The second-order valence-electron chi connectivity index (χ2n) is 3.50. The van der Waals surface area contributed by atoms with Crippen LogP contribution in [0.25, 0.3) is 0 Å². The van der Waals surface area contributed by atoms with Gasteiger partial charge in [-0.05, 0) is 12.8 Å². The van der Waals surface area contributed by atoms with Gasteiger partial charge >= 0.3 is 0 Å². The molecule has 3 heteroatoms. The van der Waals surface area contributed by atoms with E-state index in [0.29, 0.717) is 0 Å². The number of unbranched alkanes of at least 4 members (excludes halogenated alkanes) is 1. The number of benzene rings is 1. The van der Waals surface area contributed by atoms with Gasteiger partial charge in [0, 0.05) is 23.4 Å². The minimum Gasteiger partial charge on any atom is -0.497 e.